The second kappa shape index (κ2) is 7.14. The van der Waals surface area contributed by atoms with Crippen LogP contribution in [-0.2, 0) is 9.59 Å². The second-order valence-electron chi connectivity index (χ2n) is 9.93. The zero-order valence-electron chi connectivity index (χ0n) is 16.4. The fraction of sp³-hybridized carbons (Fsp3) is 0.905. The summed E-state index contributed by atoms with van der Waals surface area (Å²) in [6.07, 6.45) is 9.41. The molecular formula is C21H35N3O2. The summed E-state index contributed by atoms with van der Waals surface area (Å²) in [5, 5.41) is 9.65. The molecule has 2 unspecified atom stereocenters. The Morgan fingerprint density at radius 3 is 2.19 bits per heavy atom. The van der Waals surface area contributed by atoms with E-state index in [2.05, 4.69) is 16.0 Å². The van der Waals surface area contributed by atoms with E-state index >= 15 is 0 Å². The van der Waals surface area contributed by atoms with Gasteiger partial charge < -0.3 is 16.0 Å². The number of amides is 2. The highest BCUT2D eigenvalue weighted by molar-refractivity contribution is 5.90. The molecule has 0 aromatic heterocycles. The summed E-state index contributed by atoms with van der Waals surface area (Å²) < 4.78 is 0. The van der Waals surface area contributed by atoms with Gasteiger partial charge in [0.1, 0.15) is 6.04 Å². The second-order valence-corrected chi connectivity index (χ2v) is 9.93. The molecule has 1 saturated heterocycles. The normalized spacial score (nSPS) is 39.2. The first-order valence-electron chi connectivity index (χ1n) is 10.8. The van der Waals surface area contributed by atoms with Gasteiger partial charge in [-0.1, -0.05) is 13.8 Å². The lowest BCUT2D eigenvalue weighted by atomic mass is 9.49. The molecule has 0 aromatic rings. The van der Waals surface area contributed by atoms with E-state index in [1.807, 2.05) is 13.8 Å². The minimum Gasteiger partial charge on any atom is -0.353 e. The first kappa shape index (κ1) is 18.3. The molecule has 5 nitrogen and oxygen atoms in total. The van der Waals surface area contributed by atoms with Crippen molar-refractivity contribution in [2.75, 3.05) is 13.1 Å². The predicted octanol–water partition coefficient (Wildman–Crippen LogP) is 2.21. The number of rotatable bonds is 6. The van der Waals surface area contributed by atoms with Crippen molar-refractivity contribution in [3.8, 4) is 0 Å². The lowest BCUT2D eigenvalue weighted by Crippen LogP contribution is -2.58. The van der Waals surface area contributed by atoms with Crippen molar-refractivity contribution in [2.45, 2.75) is 77.3 Å². The summed E-state index contributed by atoms with van der Waals surface area (Å²) >= 11 is 0. The molecule has 1 heterocycles. The Morgan fingerprint density at radius 1 is 1.08 bits per heavy atom. The van der Waals surface area contributed by atoms with Crippen LogP contribution in [0.1, 0.15) is 65.2 Å². The molecule has 146 valence electrons. The van der Waals surface area contributed by atoms with E-state index in [1.54, 1.807) is 0 Å². The van der Waals surface area contributed by atoms with E-state index in [0.717, 1.165) is 50.0 Å². The Morgan fingerprint density at radius 2 is 1.69 bits per heavy atom. The van der Waals surface area contributed by atoms with Gasteiger partial charge in [0.15, 0.2) is 0 Å². The van der Waals surface area contributed by atoms with Crippen molar-refractivity contribution in [3.63, 3.8) is 0 Å². The third-order valence-electron chi connectivity index (χ3n) is 7.44. The molecule has 0 radical (unpaired) electrons. The maximum Gasteiger partial charge on any atom is 0.242 e. The van der Waals surface area contributed by atoms with Crippen LogP contribution in [-0.4, -0.2) is 37.0 Å². The van der Waals surface area contributed by atoms with Crippen LogP contribution in [0.2, 0.25) is 0 Å². The first-order chi connectivity index (χ1) is 12.4. The minimum atomic E-state index is -0.420. The molecule has 4 bridgehead atoms. The standard InChI is InChI=1S/C21H35N3O2/c1-13(2)18(19(25)23-12-17-4-3-5-22-17)24-20(26)21-9-14-6-15(10-21)8-16(7-14)11-21/h13-18,22H,3-12H2,1-2H3,(H,23,25)(H,24,26). The summed E-state index contributed by atoms with van der Waals surface area (Å²) in [5.74, 6) is 2.46. The summed E-state index contributed by atoms with van der Waals surface area (Å²) in [5.41, 5.74) is -0.185. The van der Waals surface area contributed by atoms with Crippen molar-refractivity contribution in [2.24, 2.45) is 29.1 Å². The van der Waals surface area contributed by atoms with Crippen molar-refractivity contribution >= 4 is 11.8 Å². The van der Waals surface area contributed by atoms with Crippen LogP contribution in [0, 0.1) is 29.1 Å². The van der Waals surface area contributed by atoms with Crippen LogP contribution >= 0.6 is 0 Å². The number of hydrogen-bond acceptors (Lipinski definition) is 3. The molecule has 26 heavy (non-hydrogen) atoms. The van der Waals surface area contributed by atoms with E-state index in [9.17, 15) is 9.59 Å². The summed E-state index contributed by atoms with van der Waals surface area (Å²) in [6, 6.07) is -0.0393. The fourth-order valence-corrected chi connectivity index (χ4v) is 6.48. The summed E-state index contributed by atoms with van der Waals surface area (Å²) in [7, 11) is 0. The highest BCUT2D eigenvalue weighted by atomic mass is 16.2. The Kier molecular flexibility index (Phi) is 5.02. The zero-order chi connectivity index (χ0) is 18.3. The Labute approximate surface area is 157 Å². The van der Waals surface area contributed by atoms with Crippen molar-refractivity contribution < 1.29 is 9.59 Å². The van der Waals surface area contributed by atoms with Gasteiger partial charge in [0.05, 0.1) is 0 Å². The molecule has 5 heteroatoms. The maximum absolute atomic E-state index is 13.3. The van der Waals surface area contributed by atoms with Crippen molar-refractivity contribution in [1.29, 1.82) is 0 Å². The predicted molar refractivity (Wildman–Crippen MR) is 101 cm³/mol. The molecule has 4 aliphatic carbocycles. The van der Waals surface area contributed by atoms with E-state index in [4.69, 9.17) is 0 Å². The summed E-state index contributed by atoms with van der Waals surface area (Å²) in [4.78, 5) is 26.0. The number of hydrogen-bond donors (Lipinski definition) is 3. The van der Waals surface area contributed by atoms with Gasteiger partial charge in [-0.15, -0.1) is 0 Å². The molecule has 5 aliphatic rings. The van der Waals surface area contributed by atoms with Gasteiger partial charge in [-0.2, -0.15) is 0 Å². The lowest BCUT2D eigenvalue weighted by molar-refractivity contribution is -0.149. The van der Waals surface area contributed by atoms with Gasteiger partial charge in [0.25, 0.3) is 0 Å². The Bertz CT molecular complexity index is 518. The highest BCUT2D eigenvalue weighted by Gasteiger charge is 2.55. The van der Waals surface area contributed by atoms with E-state index in [1.165, 1.54) is 25.7 Å². The highest BCUT2D eigenvalue weighted by Crippen LogP contribution is 2.60. The topological polar surface area (TPSA) is 70.2 Å². The van der Waals surface area contributed by atoms with Gasteiger partial charge in [-0.3, -0.25) is 9.59 Å². The molecule has 3 N–H and O–H groups in total. The zero-order valence-corrected chi connectivity index (χ0v) is 16.4. The van der Waals surface area contributed by atoms with Gasteiger partial charge in [-0.25, -0.2) is 0 Å². The van der Waals surface area contributed by atoms with Gasteiger partial charge in [-0.05, 0) is 81.6 Å². The molecule has 0 aromatic carbocycles. The largest absolute Gasteiger partial charge is 0.353 e. The van der Waals surface area contributed by atoms with E-state index in [-0.39, 0.29) is 23.1 Å². The molecule has 0 spiro atoms. The molecule has 1 aliphatic heterocycles. The van der Waals surface area contributed by atoms with Crippen LogP contribution in [0.5, 0.6) is 0 Å². The van der Waals surface area contributed by atoms with Gasteiger partial charge in [0, 0.05) is 18.0 Å². The molecule has 5 fully saturated rings. The third-order valence-corrected chi connectivity index (χ3v) is 7.44. The van der Waals surface area contributed by atoms with Crippen LogP contribution in [0.25, 0.3) is 0 Å². The van der Waals surface area contributed by atoms with Crippen molar-refractivity contribution in [1.82, 2.24) is 16.0 Å². The van der Waals surface area contributed by atoms with Gasteiger partial charge >= 0.3 is 0 Å². The summed E-state index contributed by atoms with van der Waals surface area (Å²) in [6.45, 7) is 5.75. The van der Waals surface area contributed by atoms with E-state index in [0.29, 0.717) is 12.6 Å². The smallest absolute Gasteiger partial charge is 0.242 e. The molecule has 5 rings (SSSR count). The average molecular weight is 362 g/mol. The maximum atomic E-state index is 13.3. The molecule has 4 saturated carbocycles. The number of carbonyl (C=O) groups excluding carboxylic acids is 2. The molecule has 2 amide bonds. The van der Waals surface area contributed by atoms with E-state index < -0.39 is 6.04 Å². The Balaban J connectivity index is 1.38. The van der Waals surface area contributed by atoms with Crippen molar-refractivity contribution in [3.05, 3.63) is 0 Å². The molecule has 2 atom stereocenters. The molecular weight excluding hydrogens is 326 g/mol. The SMILES string of the molecule is CC(C)C(NC(=O)C12CC3CC(CC(C3)C1)C2)C(=O)NCC1CCCN1. The third kappa shape index (κ3) is 3.51. The quantitative estimate of drug-likeness (QED) is 0.679. The monoisotopic (exact) mass is 361 g/mol. The Hall–Kier alpha value is -1.10. The van der Waals surface area contributed by atoms with Crippen LogP contribution < -0.4 is 16.0 Å². The van der Waals surface area contributed by atoms with Crippen LogP contribution in [0.15, 0.2) is 0 Å². The number of carbonyl (C=O) groups is 2. The van der Waals surface area contributed by atoms with Crippen LogP contribution in [0.4, 0.5) is 0 Å². The fourth-order valence-electron chi connectivity index (χ4n) is 6.48. The first-order valence-corrected chi connectivity index (χ1v) is 10.8. The minimum absolute atomic E-state index is 0.0215. The average Bonchev–Trinajstić information content (AvgIpc) is 3.09. The lowest BCUT2D eigenvalue weighted by Gasteiger charge is -2.55. The van der Waals surface area contributed by atoms with Gasteiger partial charge in [0.2, 0.25) is 11.8 Å². The number of nitrogens with one attached hydrogen (secondary N) is 3. The van der Waals surface area contributed by atoms with Crippen LogP contribution in [0.3, 0.4) is 0 Å².